The highest BCUT2D eigenvalue weighted by Gasteiger charge is 2.48. The van der Waals surface area contributed by atoms with Crippen molar-refractivity contribution in [2.24, 2.45) is 0 Å². The summed E-state index contributed by atoms with van der Waals surface area (Å²) in [5.41, 5.74) is 4.54. The fraction of sp³-hybridized carbons (Fsp3) is 0.185. The van der Waals surface area contributed by atoms with E-state index in [0.717, 1.165) is 27.7 Å². The van der Waals surface area contributed by atoms with Crippen molar-refractivity contribution < 1.29 is 20.0 Å². The number of para-hydroxylation sites is 1. The maximum Gasteiger partial charge on any atom is 0.246 e. The zero-order chi connectivity index (χ0) is 24.1. The minimum atomic E-state index is -1.04. The van der Waals surface area contributed by atoms with Crippen LogP contribution in [0.5, 0.6) is 0 Å². The van der Waals surface area contributed by atoms with Crippen LogP contribution < -0.4 is 5.23 Å². The number of nitrogens with zero attached hydrogens (tertiary/aromatic N) is 2. The molecule has 3 atom stereocenters. The van der Waals surface area contributed by atoms with E-state index in [4.69, 9.17) is 0 Å². The number of amides is 2. The normalized spacial score (nSPS) is 20.6. The van der Waals surface area contributed by atoms with E-state index in [1.54, 1.807) is 21.9 Å². The van der Waals surface area contributed by atoms with E-state index in [-0.39, 0.29) is 24.0 Å². The molecular weight excluding hydrogens is 444 g/mol. The Kier molecular flexibility index (Phi) is 5.14. The van der Waals surface area contributed by atoms with E-state index in [9.17, 15) is 20.0 Å². The first-order valence-corrected chi connectivity index (χ1v) is 11.6. The lowest BCUT2D eigenvalue weighted by atomic mass is 9.86. The number of H-pyrrole nitrogens is 1. The summed E-state index contributed by atoms with van der Waals surface area (Å²) in [7, 11) is 0. The molecule has 8 nitrogen and oxygen atoms in total. The van der Waals surface area contributed by atoms with Crippen molar-refractivity contribution in [2.45, 2.75) is 25.0 Å². The molecule has 4 aromatic rings. The number of carbonyl (C=O) groups is 2. The number of hydrogen-bond donors (Lipinski definition) is 3. The molecule has 0 radical (unpaired) electrons. The van der Waals surface area contributed by atoms with Gasteiger partial charge in [0.15, 0.2) is 5.69 Å². The molecule has 3 N–H and O–H groups in total. The van der Waals surface area contributed by atoms with E-state index >= 15 is 0 Å². The summed E-state index contributed by atoms with van der Waals surface area (Å²) in [5.74, 6) is -0.246. The predicted molar refractivity (Wildman–Crippen MR) is 129 cm³/mol. The number of carbonyl (C=O) groups excluding carboxylic acids is 2. The van der Waals surface area contributed by atoms with Gasteiger partial charge in [0.25, 0.3) is 0 Å². The topological polar surface area (TPSA) is 104 Å². The predicted octanol–water partition coefficient (Wildman–Crippen LogP) is 2.46. The van der Waals surface area contributed by atoms with Crippen LogP contribution in [0.1, 0.15) is 28.4 Å². The van der Waals surface area contributed by atoms with Crippen LogP contribution in [0.25, 0.3) is 10.9 Å². The van der Waals surface area contributed by atoms with Gasteiger partial charge >= 0.3 is 0 Å². The first-order valence-electron chi connectivity index (χ1n) is 11.6. The minimum absolute atomic E-state index is 0.0189. The number of quaternary nitrogens is 1. The number of nitrogens with one attached hydrogen (secondary N) is 2. The van der Waals surface area contributed by atoms with Gasteiger partial charge in [-0.1, -0.05) is 60.7 Å². The van der Waals surface area contributed by atoms with Gasteiger partial charge in [0.2, 0.25) is 11.8 Å². The molecule has 2 amide bonds. The van der Waals surface area contributed by atoms with Crippen LogP contribution in [0.4, 0.5) is 5.69 Å². The summed E-state index contributed by atoms with van der Waals surface area (Å²) < 4.78 is 0. The molecule has 0 spiro atoms. The second kappa shape index (κ2) is 8.35. The first-order chi connectivity index (χ1) is 17.0. The molecule has 2 aliphatic heterocycles. The van der Waals surface area contributed by atoms with Gasteiger partial charge < -0.3 is 20.0 Å². The first kappa shape index (κ1) is 21.5. The van der Waals surface area contributed by atoms with Gasteiger partial charge in [-0.2, -0.15) is 5.23 Å². The van der Waals surface area contributed by atoms with E-state index in [2.05, 4.69) is 4.98 Å². The molecule has 1 saturated heterocycles. The highest BCUT2D eigenvalue weighted by Crippen LogP contribution is 2.42. The molecule has 3 unspecified atom stereocenters. The zero-order valence-electron chi connectivity index (χ0n) is 18.8. The summed E-state index contributed by atoms with van der Waals surface area (Å²) >= 11 is 0. The van der Waals surface area contributed by atoms with Gasteiger partial charge in [-0.25, -0.2) is 5.21 Å². The molecule has 2 aliphatic rings. The van der Waals surface area contributed by atoms with Crippen molar-refractivity contribution >= 4 is 28.4 Å². The molecule has 0 aliphatic carbocycles. The van der Waals surface area contributed by atoms with E-state index in [1.165, 1.54) is 6.07 Å². The van der Waals surface area contributed by atoms with Crippen LogP contribution >= 0.6 is 0 Å². The van der Waals surface area contributed by atoms with Crippen LogP contribution in [-0.2, 0) is 22.6 Å². The Hall–Kier alpha value is -3.98. The maximum atomic E-state index is 13.8. The number of aromatic nitrogens is 1. The Morgan fingerprint density at radius 3 is 2.57 bits per heavy atom. The smallest absolute Gasteiger partial charge is 0.246 e. The molecule has 0 bridgehead atoms. The van der Waals surface area contributed by atoms with Crippen molar-refractivity contribution in [2.75, 3.05) is 6.54 Å². The Balaban J connectivity index is 1.47. The standard InChI is InChI=1S/C27H24N4O4/c32-24-16-29(15-17-7-2-1-3-8-17)27(33)23-14-21-20-11-4-5-12-22(20)28-25(21)26(30(23)24)18-9-6-10-19(13-18)31(34)35/h1-13,23,26,28,31,34H,14-16H2. The van der Waals surface area contributed by atoms with Crippen molar-refractivity contribution in [1.29, 1.82) is 0 Å². The van der Waals surface area contributed by atoms with Crippen LogP contribution in [0.15, 0.2) is 78.9 Å². The molecule has 3 aromatic carbocycles. The number of aromatic amines is 1. The van der Waals surface area contributed by atoms with Gasteiger partial charge in [-0.05, 0) is 22.8 Å². The van der Waals surface area contributed by atoms with E-state index in [1.807, 2.05) is 60.7 Å². The number of benzene rings is 3. The summed E-state index contributed by atoms with van der Waals surface area (Å²) in [6.45, 7) is 0.352. The number of piperazine rings is 1. The third-order valence-corrected chi connectivity index (χ3v) is 7.01. The average molecular weight is 469 g/mol. The molecule has 6 rings (SSSR count). The van der Waals surface area contributed by atoms with Crippen molar-refractivity contribution in [3.8, 4) is 0 Å². The average Bonchev–Trinajstić information content (AvgIpc) is 3.25. The number of hydrogen-bond acceptors (Lipinski definition) is 4. The third kappa shape index (κ3) is 3.59. The fourth-order valence-electron chi connectivity index (χ4n) is 5.45. The van der Waals surface area contributed by atoms with Crippen molar-refractivity contribution in [1.82, 2.24) is 14.8 Å². The fourth-order valence-corrected chi connectivity index (χ4v) is 5.45. The SMILES string of the molecule is O=C1C2Cc3c([nH]c4ccccc34)C(c3cccc([NH+]([O-])O)c3)N2C(=O)CN1Cc1ccccc1. The van der Waals surface area contributed by atoms with Gasteiger partial charge in [-0.3, -0.25) is 9.59 Å². The number of rotatable bonds is 4. The second-order valence-corrected chi connectivity index (χ2v) is 9.10. The summed E-state index contributed by atoms with van der Waals surface area (Å²) in [4.78, 5) is 34.1. The molecule has 3 heterocycles. The lowest BCUT2D eigenvalue weighted by molar-refractivity contribution is -0.991. The monoisotopic (exact) mass is 468 g/mol. The molecule has 176 valence electrons. The molecule has 1 aromatic heterocycles. The van der Waals surface area contributed by atoms with Crippen molar-refractivity contribution in [3.63, 3.8) is 0 Å². The van der Waals surface area contributed by atoms with Crippen molar-refractivity contribution in [3.05, 3.63) is 106 Å². The molecule has 8 heteroatoms. The van der Waals surface area contributed by atoms with Crippen LogP contribution in [0.2, 0.25) is 0 Å². The highest BCUT2D eigenvalue weighted by molar-refractivity contribution is 5.97. The molecule has 1 fully saturated rings. The zero-order valence-corrected chi connectivity index (χ0v) is 18.8. The van der Waals surface area contributed by atoms with E-state index in [0.29, 0.717) is 18.5 Å². The number of fused-ring (bicyclic) bond motifs is 4. The van der Waals surface area contributed by atoms with Crippen LogP contribution in [-0.4, -0.2) is 44.4 Å². The van der Waals surface area contributed by atoms with Crippen LogP contribution in [0, 0.1) is 5.21 Å². The molecular formula is C27H24N4O4. The van der Waals surface area contributed by atoms with Gasteiger partial charge in [0.1, 0.15) is 12.6 Å². The largest absolute Gasteiger partial charge is 0.595 e. The second-order valence-electron chi connectivity index (χ2n) is 9.10. The van der Waals surface area contributed by atoms with Gasteiger partial charge in [0.05, 0.1) is 6.04 Å². The minimum Gasteiger partial charge on any atom is -0.595 e. The Morgan fingerprint density at radius 1 is 1.00 bits per heavy atom. The van der Waals surface area contributed by atoms with E-state index < -0.39 is 17.3 Å². The quantitative estimate of drug-likeness (QED) is 0.400. The maximum absolute atomic E-state index is 13.8. The van der Waals surface area contributed by atoms with Gasteiger partial charge in [-0.15, -0.1) is 0 Å². The Bertz CT molecular complexity index is 1430. The summed E-state index contributed by atoms with van der Waals surface area (Å²) in [6.07, 6.45) is 0.407. The van der Waals surface area contributed by atoms with Crippen LogP contribution in [0.3, 0.4) is 0 Å². The lowest BCUT2D eigenvalue weighted by Gasteiger charge is -2.47. The summed E-state index contributed by atoms with van der Waals surface area (Å²) in [5, 5.41) is 21.2. The lowest BCUT2D eigenvalue weighted by Crippen LogP contribution is -2.99. The summed E-state index contributed by atoms with van der Waals surface area (Å²) in [6, 6.07) is 22.9. The third-order valence-electron chi connectivity index (χ3n) is 7.01. The Morgan fingerprint density at radius 2 is 1.77 bits per heavy atom. The van der Waals surface area contributed by atoms with Gasteiger partial charge in [0, 0.05) is 41.7 Å². The Labute approximate surface area is 201 Å². The highest BCUT2D eigenvalue weighted by atomic mass is 16.8. The molecule has 0 saturated carbocycles. The molecule has 35 heavy (non-hydrogen) atoms.